The van der Waals surface area contributed by atoms with E-state index in [9.17, 15) is 23.1 Å². The molecule has 0 aromatic heterocycles. The molecule has 154 valence electrons. The molecule has 1 aliphatic heterocycles. The summed E-state index contributed by atoms with van der Waals surface area (Å²) < 4.78 is 22.7. The number of nitrogens with two attached hydrogens (primary N) is 1. The zero-order chi connectivity index (χ0) is 21.2. The summed E-state index contributed by atoms with van der Waals surface area (Å²) in [5, 5.41) is 17.9. The van der Waals surface area contributed by atoms with E-state index in [1.165, 1.54) is 29.2 Å². The Morgan fingerprint density at radius 1 is 1.14 bits per heavy atom. The smallest absolute Gasteiger partial charge is 0.254 e. The van der Waals surface area contributed by atoms with Crippen LogP contribution in [-0.4, -0.2) is 48.9 Å². The minimum absolute atomic E-state index is 0.0262. The Balaban J connectivity index is 1.71. The van der Waals surface area contributed by atoms with Crippen LogP contribution in [-0.2, 0) is 21.4 Å². The van der Waals surface area contributed by atoms with E-state index in [1.54, 1.807) is 0 Å². The number of carbonyl (C=O) groups is 2. The number of carbonyl (C=O) groups excluding carboxylic acids is 2. The van der Waals surface area contributed by atoms with E-state index < -0.39 is 28.1 Å². The molecule has 2 atom stereocenters. The number of aryl methyl sites for hydroxylation is 1. The van der Waals surface area contributed by atoms with Crippen LogP contribution in [0.4, 0.5) is 0 Å². The highest BCUT2D eigenvalue weighted by molar-refractivity contribution is 7.89. The van der Waals surface area contributed by atoms with Gasteiger partial charge in [0.25, 0.3) is 5.91 Å². The monoisotopic (exact) mass is 417 g/mol. The van der Waals surface area contributed by atoms with Gasteiger partial charge in [0, 0.05) is 25.1 Å². The highest BCUT2D eigenvalue weighted by Crippen LogP contribution is 2.22. The van der Waals surface area contributed by atoms with E-state index in [-0.39, 0.29) is 29.3 Å². The third-order valence-electron chi connectivity index (χ3n) is 4.86. The molecule has 2 aromatic rings. The summed E-state index contributed by atoms with van der Waals surface area (Å²) in [5.74, 6) is -0.811. The molecule has 9 heteroatoms. The number of amides is 2. The summed E-state index contributed by atoms with van der Waals surface area (Å²) in [6, 6.07) is 12.1. The summed E-state index contributed by atoms with van der Waals surface area (Å²) in [7, 11) is -3.86. The molecule has 8 nitrogen and oxygen atoms in total. The van der Waals surface area contributed by atoms with Crippen molar-refractivity contribution in [1.29, 1.82) is 0 Å². The second-order valence-electron chi connectivity index (χ2n) is 7.14. The van der Waals surface area contributed by atoms with Gasteiger partial charge < -0.3 is 15.3 Å². The largest absolute Gasteiger partial charge is 0.391 e. The number of benzene rings is 2. The molecule has 3 rings (SSSR count). The maximum atomic E-state index is 12.8. The average molecular weight is 417 g/mol. The van der Waals surface area contributed by atoms with Crippen molar-refractivity contribution in [3.05, 3.63) is 65.2 Å². The van der Waals surface area contributed by atoms with Gasteiger partial charge in [0.05, 0.1) is 11.0 Å². The number of nitrogens with zero attached hydrogens (tertiary/aromatic N) is 1. The lowest BCUT2D eigenvalue weighted by molar-refractivity contribution is -0.125. The number of aliphatic hydroxyl groups excluding tert-OH is 1. The molecule has 0 radical (unpaired) electrons. The number of nitrogens with one attached hydrogen (secondary N) is 1. The van der Waals surface area contributed by atoms with E-state index in [0.717, 1.165) is 11.1 Å². The van der Waals surface area contributed by atoms with Crippen LogP contribution in [0.2, 0.25) is 0 Å². The second kappa shape index (κ2) is 8.32. The second-order valence-corrected chi connectivity index (χ2v) is 8.70. The van der Waals surface area contributed by atoms with Gasteiger partial charge in [-0.15, -0.1) is 0 Å². The van der Waals surface area contributed by atoms with Gasteiger partial charge in [0.1, 0.15) is 6.04 Å². The van der Waals surface area contributed by atoms with Gasteiger partial charge >= 0.3 is 0 Å². The summed E-state index contributed by atoms with van der Waals surface area (Å²) >= 11 is 0. The van der Waals surface area contributed by atoms with E-state index in [4.69, 9.17) is 5.14 Å². The number of rotatable bonds is 5. The first-order valence-electron chi connectivity index (χ1n) is 9.10. The van der Waals surface area contributed by atoms with E-state index in [1.807, 2.05) is 31.2 Å². The number of primary sulfonamides is 1. The Kier molecular flexibility index (Phi) is 6.02. The van der Waals surface area contributed by atoms with Crippen molar-refractivity contribution >= 4 is 21.8 Å². The Bertz CT molecular complexity index is 1000. The fraction of sp³-hybridized carbons (Fsp3) is 0.300. The first kappa shape index (κ1) is 21.0. The van der Waals surface area contributed by atoms with Gasteiger partial charge in [-0.3, -0.25) is 9.59 Å². The van der Waals surface area contributed by atoms with E-state index in [2.05, 4.69) is 5.32 Å². The van der Waals surface area contributed by atoms with Crippen molar-refractivity contribution in [2.75, 3.05) is 6.54 Å². The van der Waals surface area contributed by atoms with Crippen LogP contribution < -0.4 is 10.5 Å². The molecule has 0 unspecified atom stereocenters. The average Bonchev–Trinajstić information content (AvgIpc) is 3.08. The maximum Gasteiger partial charge on any atom is 0.254 e. The van der Waals surface area contributed by atoms with Gasteiger partial charge in [0.2, 0.25) is 15.9 Å². The minimum atomic E-state index is -3.86. The number of likely N-dealkylation sites (tertiary alicyclic amines) is 1. The van der Waals surface area contributed by atoms with Gasteiger partial charge in [0.15, 0.2) is 0 Å². The summed E-state index contributed by atoms with van der Waals surface area (Å²) in [4.78, 5) is 26.7. The van der Waals surface area contributed by atoms with Crippen molar-refractivity contribution < 1.29 is 23.1 Å². The Hall–Kier alpha value is -2.75. The first-order valence-corrected chi connectivity index (χ1v) is 10.6. The fourth-order valence-corrected chi connectivity index (χ4v) is 3.77. The van der Waals surface area contributed by atoms with Crippen LogP contribution in [0, 0.1) is 6.92 Å². The number of hydrogen-bond acceptors (Lipinski definition) is 5. The summed E-state index contributed by atoms with van der Waals surface area (Å²) in [6.45, 7) is 2.32. The fourth-order valence-electron chi connectivity index (χ4n) is 3.25. The van der Waals surface area contributed by atoms with E-state index >= 15 is 0 Å². The van der Waals surface area contributed by atoms with Crippen molar-refractivity contribution in [2.45, 2.75) is 36.9 Å². The van der Waals surface area contributed by atoms with Crippen molar-refractivity contribution in [3.63, 3.8) is 0 Å². The van der Waals surface area contributed by atoms with Crippen LogP contribution in [0.3, 0.4) is 0 Å². The maximum absolute atomic E-state index is 12.8. The zero-order valence-corrected chi connectivity index (χ0v) is 16.7. The third-order valence-corrected chi connectivity index (χ3v) is 5.79. The molecule has 1 fully saturated rings. The number of hydrogen-bond donors (Lipinski definition) is 3. The topological polar surface area (TPSA) is 130 Å². The molecule has 2 amide bonds. The molecule has 29 heavy (non-hydrogen) atoms. The van der Waals surface area contributed by atoms with Crippen molar-refractivity contribution in [2.24, 2.45) is 5.14 Å². The summed E-state index contributed by atoms with van der Waals surface area (Å²) in [6.07, 6.45) is -0.668. The van der Waals surface area contributed by atoms with Gasteiger partial charge in [-0.1, -0.05) is 29.8 Å². The molecular weight excluding hydrogens is 394 g/mol. The van der Waals surface area contributed by atoms with Crippen LogP contribution in [0.1, 0.15) is 27.9 Å². The van der Waals surface area contributed by atoms with Gasteiger partial charge in [-0.05, 0) is 36.8 Å². The Morgan fingerprint density at radius 3 is 2.34 bits per heavy atom. The quantitative estimate of drug-likeness (QED) is 0.654. The molecule has 0 saturated carbocycles. The number of sulfonamides is 1. The third kappa shape index (κ3) is 5.00. The Morgan fingerprint density at radius 2 is 1.76 bits per heavy atom. The zero-order valence-electron chi connectivity index (χ0n) is 15.9. The minimum Gasteiger partial charge on any atom is -0.391 e. The lowest BCUT2D eigenvalue weighted by Crippen LogP contribution is -2.45. The highest BCUT2D eigenvalue weighted by atomic mass is 32.2. The molecule has 4 N–H and O–H groups in total. The molecule has 1 heterocycles. The Labute approximate surface area is 169 Å². The first-order chi connectivity index (χ1) is 13.6. The molecule has 2 aromatic carbocycles. The van der Waals surface area contributed by atoms with Gasteiger partial charge in [-0.2, -0.15) is 0 Å². The standard InChI is InChI=1S/C20H23N3O5S/c1-13-2-4-14(5-3-13)11-22-19(25)18-10-16(24)12-23(18)20(26)15-6-8-17(9-7-15)29(21,27)28/h2-9,16,18,24H,10-12H2,1H3,(H,22,25)(H2,21,27,28)/t16-,18+/m1/s1. The van der Waals surface area contributed by atoms with E-state index in [0.29, 0.717) is 6.54 Å². The number of β-amino-alcohol motifs (C(OH)–C–C–N with tert-alkyl or cyclic N) is 1. The lowest BCUT2D eigenvalue weighted by Gasteiger charge is -2.24. The highest BCUT2D eigenvalue weighted by Gasteiger charge is 2.39. The molecule has 1 aliphatic rings. The van der Waals surface area contributed by atoms with Crippen LogP contribution in [0.5, 0.6) is 0 Å². The molecule has 0 bridgehead atoms. The predicted octanol–water partition coefficient (Wildman–Crippen LogP) is 0.534. The molecule has 1 saturated heterocycles. The van der Waals surface area contributed by atoms with Crippen molar-refractivity contribution in [1.82, 2.24) is 10.2 Å². The van der Waals surface area contributed by atoms with Crippen molar-refractivity contribution in [3.8, 4) is 0 Å². The van der Waals surface area contributed by atoms with Crippen LogP contribution >= 0.6 is 0 Å². The predicted molar refractivity (Wildman–Crippen MR) is 106 cm³/mol. The van der Waals surface area contributed by atoms with Gasteiger partial charge in [-0.25, -0.2) is 13.6 Å². The molecule has 0 spiro atoms. The SMILES string of the molecule is Cc1ccc(CNC(=O)[C@@H]2C[C@@H](O)CN2C(=O)c2ccc(S(N)(=O)=O)cc2)cc1. The number of aliphatic hydroxyl groups is 1. The van der Waals surface area contributed by atoms with Crippen LogP contribution in [0.15, 0.2) is 53.4 Å². The normalized spacial score (nSPS) is 19.2. The molecular formula is C20H23N3O5S. The molecule has 0 aliphatic carbocycles. The lowest BCUT2D eigenvalue weighted by atomic mass is 10.1. The van der Waals surface area contributed by atoms with Crippen LogP contribution in [0.25, 0.3) is 0 Å². The summed E-state index contributed by atoms with van der Waals surface area (Å²) in [5.41, 5.74) is 2.26.